The number of carbonyl (C=O) groups excluding carboxylic acids is 1. The number of benzene rings is 2. The Morgan fingerprint density at radius 3 is 2.83 bits per heavy atom. The Balaban J connectivity index is 1.63. The second kappa shape index (κ2) is 5.82. The zero-order chi connectivity index (χ0) is 15.8. The van der Waals surface area contributed by atoms with Gasteiger partial charge in [-0.2, -0.15) is 0 Å². The SMILES string of the molecule is COc1ccc2c(c1)C(NC1CC(=O)c3ccccc31)CCC2. The van der Waals surface area contributed by atoms with E-state index in [-0.39, 0.29) is 17.9 Å². The van der Waals surface area contributed by atoms with Crippen LogP contribution in [-0.4, -0.2) is 12.9 Å². The summed E-state index contributed by atoms with van der Waals surface area (Å²) in [5.41, 5.74) is 4.75. The Kier molecular flexibility index (Phi) is 3.66. The molecule has 0 aromatic heterocycles. The van der Waals surface area contributed by atoms with Crippen LogP contribution >= 0.6 is 0 Å². The quantitative estimate of drug-likeness (QED) is 0.932. The topological polar surface area (TPSA) is 38.3 Å². The van der Waals surface area contributed by atoms with Crippen LogP contribution in [0.1, 0.15) is 58.4 Å². The molecule has 3 nitrogen and oxygen atoms in total. The third-order valence-electron chi connectivity index (χ3n) is 5.10. The van der Waals surface area contributed by atoms with E-state index in [2.05, 4.69) is 23.5 Å². The maximum atomic E-state index is 12.2. The number of ether oxygens (including phenoxy) is 1. The van der Waals surface area contributed by atoms with Crippen molar-refractivity contribution in [2.45, 2.75) is 37.8 Å². The molecule has 2 aromatic carbocycles. The first kappa shape index (κ1) is 14.5. The second-order valence-electron chi connectivity index (χ2n) is 6.44. The van der Waals surface area contributed by atoms with Gasteiger partial charge in [0.15, 0.2) is 5.78 Å². The van der Waals surface area contributed by atoms with E-state index in [0.717, 1.165) is 29.7 Å². The molecule has 4 rings (SSSR count). The van der Waals surface area contributed by atoms with E-state index in [0.29, 0.717) is 6.42 Å². The van der Waals surface area contributed by atoms with Crippen molar-refractivity contribution in [2.24, 2.45) is 0 Å². The van der Waals surface area contributed by atoms with Gasteiger partial charge in [0.25, 0.3) is 0 Å². The highest BCUT2D eigenvalue weighted by Crippen LogP contribution is 2.37. The monoisotopic (exact) mass is 307 g/mol. The lowest BCUT2D eigenvalue weighted by Gasteiger charge is -2.29. The molecule has 0 aliphatic heterocycles. The van der Waals surface area contributed by atoms with Gasteiger partial charge in [0.05, 0.1) is 7.11 Å². The minimum absolute atomic E-state index is 0.126. The zero-order valence-electron chi connectivity index (χ0n) is 13.3. The predicted octanol–water partition coefficient (Wildman–Crippen LogP) is 3.99. The summed E-state index contributed by atoms with van der Waals surface area (Å²) in [6.07, 6.45) is 3.97. The van der Waals surface area contributed by atoms with Crippen molar-refractivity contribution in [3.05, 3.63) is 64.7 Å². The summed E-state index contributed by atoms with van der Waals surface area (Å²) < 4.78 is 5.39. The molecule has 2 atom stereocenters. The standard InChI is InChI=1S/C20H21NO2/c1-23-14-10-9-13-5-4-8-18(17(13)11-14)21-19-12-20(22)16-7-3-2-6-15(16)19/h2-3,6-7,9-11,18-19,21H,4-5,8,12H2,1H3. The van der Waals surface area contributed by atoms with Crippen molar-refractivity contribution in [1.82, 2.24) is 5.32 Å². The van der Waals surface area contributed by atoms with Gasteiger partial charge < -0.3 is 10.1 Å². The van der Waals surface area contributed by atoms with Crippen molar-refractivity contribution in [3.63, 3.8) is 0 Å². The lowest BCUT2D eigenvalue weighted by atomic mass is 9.87. The molecular weight excluding hydrogens is 286 g/mol. The molecule has 118 valence electrons. The molecule has 1 N–H and O–H groups in total. The average molecular weight is 307 g/mol. The number of Topliss-reactive ketones (excluding diaryl/α,β-unsaturated/α-hetero) is 1. The summed E-state index contributed by atoms with van der Waals surface area (Å²) >= 11 is 0. The highest BCUT2D eigenvalue weighted by atomic mass is 16.5. The maximum absolute atomic E-state index is 12.2. The van der Waals surface area contributed by atoms with Crippen molar-refractivity contribution in [1.29, 1.82) is 0 Å². The molecule has 2 aliphatic rings. The number of carbonyl (C=O) groups is 1. The Hall–Kier alpha value is -2.13. The first-order chi connectivity index (χ1) is 11.3. The fourth-order valence-corrected chi connectivity index (χ4v) is 3.93. The van der Waals surface area contributed by atoms with Crippen LogP contribution in [0.15, 0.2) is 42.5 Å². The van der Waals surface area contributed by atoms with E-state index in [1.54, 1.807) is 7.11 Å². The smallest absolute Gasteiger partial charge is 0.165 e. The second-order valence-corrected chi connectivity index (χ2v) is 6.44. The summed E-state index contributed by atoms with van der Waals surface area (Å²) in [6, 6.07) is 14.8. The van der Waals surface area contributed by atoms with Crippen molar-refractivity contribution < 1.29 is 9.53 Å². The molecule has 2 aromatic rings. The Bertz CT molecular complexity index is 753. The number of rotatable bonds is 3. The van der Waals surface area contributed by atoms with Gasteiger partial charge in [0.2, 0.25) is 0 Å². The van der Waals surface area contributed by atoms with E-state index in [9.17, 15) is 4.79 Å². The highest BCUT2D eigenvalue weighted by molar-refractivity contribution is 6.01. The average Bonchev–Trinajstić information content (AvgIpc) is 2.91. The number of methoxy groups -OCH3 is 1. The third-order valence-corrected chi connectivity index (χ3v) is 5.10. The van der Waals surface area contributed by atoms with Crippen molar-refractivity contribution >= 4 is 5.78 Å². The largest absolute Gasteiger partial charge is 0.497 e. The lowest BCUT2D eigenvalue weighted by Crippen LogP contribution is -2.28. The van der Waals surface area contributed by atoms with E-state index in [4.69, 9.17) is 4.74 Å². The first-order valence-corrected chi connectivity index (χ1v) is 8.31. The number of hydrogen-bond acceptors (Lipinski definition) is 3. The van der Waals surface area contributed by atoms with Crippen molar-refractivity contribution in [3.8, 4) is 5.75 Å². The van der Waals surface area contributed by atoms with Crippen LogP contribution in [0.3, 0.4) is 0 Å². The van der Waals surface area contributed by atoms with E-state index >= 15 is 0 Å². The fraction of sp³-hybridized carbons (Fsp3) is 0.350. The molecular formula is C20H21NO2. The maximum Gasteiger partial charge on any atom is 0.165 e. The van der Waals surface area contributed by atoms with E-state index in [1.165, 1.54) is 17.5 Å². The predicted molar refractivity (Wildman–Crippen MR) is 89.9 cm³/mol. The zero-order valence-corrected chi connectivity index (χ0v) is 13.3. The summed E-state index contributed by atoms with van der Waals surface area (Å²) in [5.74, 6) is 1.15. The molecule has 0 spiro atoms. The third kappa shape index (κ3) is 2.55. The fourth-order valence-electron chi connectivity index (χ4n) is 3.93. The number of hydrogen-bond donors (Lipinski definition) is 1. The lowest BCUT2D eigenvalue weighted by molar-refractivity contribution is 0.0984. The van der Waals surface area contributed by atoms with Crippen LogP contribution in [0, 0.1) is 0 Å². The van der Waals surface area contributed by atoms with Gasteiger partial charge in [-0.05, 0) is 48.1 Å². The first-order valence-electron chi connectivity index (χ1n) is 8.31. The van der Waals surface area contributed by atoms with Crippen LogP contribution in [0.25, 0.3) is 0 Å². The molecule has 0 heterocycles. The molecule has 0 amide bonds. The van der Waals surface area contributed by atoms with Crippen LogP contribution in [-0.2, 0) is 6.42 Å². The number of aryl methyl sites for hydroxylation is 1. The molecule has 0 saturated carbocycles. The van der Waals surface area contributed by atoms with Gasteiger partial charge in [-0.15, -0.1) is 0 Å². The summed E-state index contributed by atoms with van der Waals surface area (Å²) in [6.45, 7) is 0. The molecule has 2 aliphatic carbocycles. The minimum atomic E-state index is 0.126. The minimum Gasteiger partial charge on any atom is -0.497 e. The van der Waals surface area contributed by atoms with Gasteiger partial charge in [-0.3, -0.25) is 4.79 Å². The van der Waals surface area contributed by atoms with Crippen LogP contribution in [0.2, 0.25) is 0 Å². The Morgan fingerprint density at radius 1 is 1.09 bits per heavy atom. The summed E-state index contributed by atoms with van der Waals surface area (Å²) in [5, 5.41) is 3.74. The van der Waals surface area contributed by atoms with E-state index in [1.807, 2.05) is 24.3 Å². The molecule has 2 unspecified atom stereocenters. The van der Waals surface area contributed by atoms with Gasteiger partial charge >= 0.3 is 0 Å². The molecule has 0 bridgehead atoms. The van der Waals surface area contributed by atoms with Crippen molar-refractivity contribution in [2.75, 3.05) is 7.11 Å². The number of ketones is 1. The van der Waals surface area contributed by atoms with Crippen LogP contribution in [0.4, 0.5) is 0 Å². The van der Waals surface area contributed by atoms with Gasteiger partial charge in [0, 0.05) is 24.1 Å². The van der Waals surface area contributed by atoms with Crippen LogP contribution < -0.4 is 10.1 Å². The molecule has 3 heteroatoms. The molecule has 0 radical (unpaired) electrons. The normalized spacial score (nSPS) is 22.6. The molecule has 0 saturated heterocycles. The highest BCUT2D eigenvalue weighted by Gasteiger charge is 2.32. The van der Waals surface area contributed by atoms with Gasteiger partial charge in [0.1, 0.15) is 5.75 Å². The van der Waals surface area contributed by atoms with Crippen LogP contribution in [0.5, 0.6) is 5.75 Å². The van der Waals surface area contributed by atoms with E-state index < -0.39 is 0 Å². The number of fused-ring (bicyclic) bond motifs is 2. The molecule has 0 fully saturated rings. The molecule has 23 heavy (non-hydrogen) atoms. The van der Waals surface area contributed by atoms with Gasteiger partial charge in [-0.25, -0.2) is 0 Å². The summed E-state index contributed by atoms with van der Waals surface area (Å²) in [7, 11) is 1.71. The number of nitrogens with one attached hydrogen (secondary N) is 1. The Morgan fingerprint density at radius 2 is 1.96 bits per heavy atom. The van der Waals surface area contributed by atoms with Gasteiger partial charge in [-0.1, -0.05) is 30.3 Å². The summed E-state index contributed by atoms with van der Waals surface area (Å²) in [4.78, 5) is 12.2. The Labute approximate surface area is 136 Å².